The van der Waals surface area contributed by atoms with Crippen molar-refractivity contribution in [3.05, 3.63) is 11.6 Å². The van der Waals surface area contributed by atoms with E-state index in [1.165, 1.54) is 0 Å². The predicted molar refractivity (Wildman–Crippen MR) is 52.2 cm³/mol. The summed E-state index contributed by atoms with van der Waals surface area (Å²) in [5.74, 6) is 5.69. The number of rotatable bonds is 0. The summed E-state index contributed by atoms with van der Waals surface area (Å²) in [6.07, 6.45) is 2.25. The van der Waals surface area contributed by atoms with Gasteiger partial charge in [0.05, 0.1) is 12.2 Å². The Balaban J connectivity index is 2.64. The van der Waals surface area contributed by atoms with E-state index in [0.29, 0.717) is 6.61 Å². The summed E-state index contributed by atoms with van der Waals surface area (Å²) < 4.78 is 5.50. The first kappa shape index (κ1) is 10.3. The Morgan fingerprint density at radius 1 is 1.62 bits per heavy atom. The lowest BCUT2D eigenvalue weighted by Gasteiger charge is -2.28. The number of ether oxygens (including phenoxy) is 1. The first-order valence-corrected chi connectivity index (χ1v) is 4.52. The van der Waals surface area contributed by atoms with Crippen molar-refractivity contribution in [1.82, 2.24) is 0 Å². The molecule has 1 aliphatic rings. The molecule has 0 spiro atoms. The average Bonchev–Trinajstić information content (AvgIpc) is 1.99. The van der Waals surface area contributed by atoms with Crippen molar-refractivity contribution in [3.63, 3.8) is 0 Å². The van der Waals surface area contributed by atoms with Crippen molar-refractivity contribution in [1.29, 1.82) is 0 Å². The van der Waals surface area contributed by atoms with Crippen LogP contribution < -0.4 is 0 Å². The zero-order valence-electron chi connectivity index (χ0n) is 8.42. The molecule has 0 aromatic rings. The van der Waals surface area contributed by atoms with Gasteiger partial charge in [0.2, 0.25) is 0 Å². The summed E-state index contributed by atoms with van der Waals surface area (Å²) in [7, 11) is 0. The zero-order chi connectivity index (χ0) is 9.90. The van der Waals surface area contributed by atoms with Gasteiger partial charge in [-0.2, -0.15) is 0 Å². The molecule has 0 amide bonds. The molecule has 0 aromatic heterocycles. The largest absolute Gasteiger partial charge is 0.381 e. The molecule has 0 saturated heterocycles. The fourth-order valence-electron chi connectivity index (χ4n) is 1.24. The van der Waals surface area contributed by atoms with Crippen LogP contribution in [0.3, 0.4) is 0 Å². The molecule has 0 radical (unpaired) electrons. The molecule has 0 fully saturated rings. The van der Waals surface area contributed by atoms with Crippen LogP contribution in [0.1, 0.15) is 27.2 Å². The molecule has 72 valence electrons. The molecular formula is C11H16O2. The van der Waals surface area contributed by atoms with Crippen molar-refractivity contribution in [2.24, 2.45) is 0 Å². The van der Waals surface area contributed by atoms with Crippen molar-refractivity contribution < 1.29 is 9.84 Å². The molecule has 0 aromatic carbocycles. The highest BCUT2D eigenvalue weighted by molar-refractivity contribution is 5.32. The molecule has 0 saturated carbocycles. The van der Waals surface area contributed by atoms with Gasteiger partial charge < -0.3 is 9.84 Å². The van der Waals surface area contributed by atoms with Crippen LogP contribution in [0.25, 0.3) is 0 Å². The maximum absolute atomic E-state index is 8.98. The summed E-state index contributed by atoms with van der Waals surface area (Å²) in [4.78, 5) is 0. The van der Waals surface area contributed by atoms with E-state index in [4.69, 9.17) is 9.84 Å². The van der Waals surface area contributed by atoms with Gasteiger partial charge in [-0.1, -0.05) is 11.8 Å². The van der Waals surface area contributed by atoms with Crippen LogP contribution in [0, 0.1) is 11.8 Å². The number of aliphatic hydroxyl groups is 1. The summed E-state index contributed by atoms with van der Waals surface area (Å²) in [6.45, 7) is 6.38. The minimum absolute atomic E-state index is 0.114. The molecular weight excluding hydrogens is 164 g/mol. The fraction of sp³-hybridized carbons (Fsp3) is 0.636. The highest BCUT2D eigenvalue weighted by Crippen LogP contribution is 2.23. The van der Waals surface area contributed by atoms with Gasteiger partial charge in [-0.3, -0.25) is 0 Å². The van der Waals surface area contributed by atoms with Gasteiger partial charge in [-0.05, 0) is 26.8 Å². The van der Waals surface area contributed by atoms with Gasteiger partial charge in [-0.15, -0.1) is 0 Å². The Hall–Kier alpha value is -0.780. The third kappa shape index (κ3) is 3.63. The Labute approximate surface area is 79.6 Å². The van der Waals surface area contributed by atoms with E-state index in [1.807, 2.05) is 19.9 Å². The van der Waals surface area contributed by atoms with Crippen molar-refractivity contribution >= 4 is 0 Å². The van der Waals surface area contributed by atoms with E-state index in [0.717, 1.165) is 12.0 Å². The summed E-state index contributed by atoms with van der Waals surface area (Å²) >= 11 is 0. The van der Waals surface area contributed by atoms with E-state index in [-0.39, 0.29) is 5.60 Å². The molecule has 1 aliphatic heterocycles. The van der Waals surface area contributed by atoms with Crippen LogP contribution in [-0.4, -0.2) is 23.4 Å². The van der Waals surface area contributed by atoms with Crippen LogP contribution >= 0.6 is 0 Å². The van der Waals surface area contributed by atoms with Crippen molar-refractivity contribution in [2.45, 2.75) is 38.9 Å². The maximum atomic E-state index is 8.98. The average molecular weight is 180 g/mol. The Morgan fingerprint density at radius 2 is 2.31 bits per heavy atom. The van der Waals surface area contributed by atoms with E-state index < -0.39 is 6.10 Å². The normalized spacial score (nSPS) is 22.6. The molecule has 0 bridgehead atoms. The summed E-state index contributed by atoms with van der Waals surface area (Å²) in [5, 5.41) is 8.98. The third-order valence-electron chi connectivity index (χ3n) is 1.86. The molecule has 1 N–H and O–H groups in total. The van der Waals surface area contributed by atoms with Crippen molar-refractivity contribution in [2.75, 3.05) is 6.61 Å². The topological polar surface area (TPSA) is 29.5 Å². The van der Waals surface area contributed by atoms with Gasteiger partial charge in [0.25, 0.3) is 0 Å². The zero-order valence-corrected chi connectivity index (χ0v) is 8.42. The summed E-state index contributed by atoms with van der Waals surface area (Å²) in [6, 6.07) is 0. The first-order chi connectivity index (χ1) is 5.99. The lowest BCUT2D eigenvalue weighted by molar-refractivity contribution is -0.00809. The van der Waals surface area contributed by atoms with E-state index in [1.54, 1.807) is 6.92 Å². The number of hydrogen-bond acceptors (Lipinski definition) is 2. The second-order valence-electron chi connectivity index (χ2n) is 3.92. The molecule has 2 nitrogen and oxygen atoms in total. The lowest BCUT2D eigenvalue weighted by Crippen LogP contribution is -2.28. The summed E-state index contributed by atoms with van der Waals surface area (Å²) in [5.41, 5.74) is 0.953. The van der Waals surface area contributed by atoms with E-state index in [2.05, 4.69) is 11.8 Å². The standard InChI is InChI=1S/C11H16O2/c1-9(12)4-5-10-6-7-13-11(2,3)8-10/h6,9,12H,7-8H2,1-3H3. The SMILES string of the molecule is CC(O)C#CC1=CCOC(C)(C)C1. The Kier molecular flexibility index (Phi) is 3.13. The molecule has 1 heterocycles. The number of hydrogen-bond donors (Lipinski definition) is 1. The van der Waals surface area contributed by atoms with E-state index in [9.17, 15) is 0 Å². The maximum Gasteiger partial charge on any atom is 0.112 e. The van der Waals surface area contributed by atoms with Crippen LogP contribution in [0.5, 0.6) is 0 Å². The van der Waals surface area contributed by atoms with E-state index >= 15 is 0 Å². The minimum Gasteiger partial charge on any atom is -0.381 e. The first-order valence-electron chi connectivity index (χ1n) is 4.52. The van der Waals surface area contributed by atoms with Gasteiger partial charge in [0.1, 0.15) is 6.10 Å². The molecule has 1 rings (SSSR count). The molecule has 13 heavy (non-hydrogen) atoms. The predicted octanol–water partition coefficient (Wildman–Crippen LogP) is 1.50. The second-order valence-corrected chi connectivity index (χ2v) is 3.92. The number of aliphatic hydroxyl groups excluding tert-OH is 1. The van der Waals surface area contributed by atoms with Gasteiger partial charge in [0, 0.05) is 12.0 Å². The fourth-order valence-corrected chi connectivity index (χ4v) is 1.24. The van der Waals surface area contributed by atoms with Crippen molar-refractivity contribution in [3.8, 4) is 11.8 Å². The van der Waals surface area contributed by atoms with Crippen LogP contribution in [0.2, 0.25) is 0 Å². The molecule has 0 aliphatic carbocycles. The highest BCUT2D eigenvalue weighted by Gasteiger charge is 2.22. The van der Waals surface area contributed by atoms with Gasteiger partial charge >= 0.3 is 0 Å². The van der Waals surface area contributed by atoms with Crippen LogP contribution in [0.15, 0.2) is 11.6 Å². The quantitative estimate of drug-likeness (QED) is 0.572. The van der Waals surface area contributed by atoms with Gasteiger partial charge in [-0.25, -0.2) is 0 Å². The lowest BCUT2D eigenvalue weighted by atomic mass is 9.96. The third-order valence-corrected chi connectivity index (χ3v) is 1.86. The Bertz CT molecular complexity index is 264. The Morgan fingerprint density at radius 3 is 2.85 bits per heavy atom. The molecule has 2 heteroatoms. The second kappa shape index (κ2) is 3.95. The van der Waals surface area contributed by atoms with Crippen LogP contribution in [0.4, 0.5) is 0 Å². The monoisotopic (exact) mass is 180 g/mol. The molecule has 1 atom stereocenters. The smallest absolute Gasteiger partial charge is 0.112 e. The minimum atomic E-state index is -0.549. The molecule has 1 unspecified atom stereocenters. The van der Waals surface area contributed by atoms with Gasteiger partial charge in [0.15, 0.2) is 0 Å². The van der Waals surface area contributed by atoms with Crippen LogP contribution in [-0.2, 0) is 4.74 Å². The highest BCUT2D eigenvalue weighted by atomic mass is 16.5.